The molecule has 23 heavy (non-hydrogen) atoms. The maximum absolute atomic E-state index is 12.7. The quantitative estimate of drug-likeness (QED) is 0.899. The highest BCUT2D eigenvalue weighted by Crippen LogP contribution is 2.40. The van der Waals surface area contributed by atoms with Crippen LogP contribution in [-0.2, 0) is 11.8 Å². The van der Waals surface area contributed by atoms with Gasteiger partial charge in [0.05, 0.1) is 6.04 Å². The molecule has 1 N–H and O–H groups in total. The van der Waals surface area contributed by atoms with Crippen LogP contribution in [0.1, 0.15) is 43.7 Å². The van der Waals surface area contributed by atoms with Crippen molar-refractivity contribution in [2.45, 2.75) is 50.1 Å². The van der Waals surface area contributed by atoms with Gasteiger partial charge >= 0.3 is 6.03 Å². The molecule has 3 aliphatic rings. The first-order chi connectivity index (χ1) is 11.0. The second-order valence-corrected chi connectivity index (χ2v) is 7.05. The van der Waals surface area contributed by atoms with Gasteiger partial charge in [-0.1, -0.05) is 0 Å². The molecule has 1 unspecified atom stereocenters. The fourth-order valence-corrected chi connectivity index (χ4v) is 3.93. The number of hydrogen-bond donors (Lipinski definition) is 1. The summed E-state index contributed by atoms with van der Waals surface area (Å²) in [4.78, 5) is 28.4. The molecule has 1 aliphatic carbocycles. The summed E-state index contributed by atoms with van der Waals surface area (Å²) in [6.07, 6.45) is 4.71. The van der Waals surface area contributed by atoms with E-state index in [4.69, 9.17) is 0 Å². The van der Waals surface area contributed by atoms with Crippen LogP contribution in [0.5, 0.6) is 0 Å². The molecule has 0 aromatic carbocycles. The van der Waals surface area contributed by atoms with Gasteiger partial charge in [-0.25, -0.2) is 4.79 Å². The van der Waals surface area contributed by atoms with E-state index in [1.54, 1.807) is 4.90 Å². The molecule has 2 atom stereocenters. The highest BCUT2D eigenvalue weighted by molar-refractivity contribution is 5.90. The lowest BCUT2D eigenvalue weighted by Gasteiger charge is -2.27. The third kappa shape index (κ3) is 2.58. The first kappa shape index (κ1) is 14.5. The van der Waals surface area contributed by atoms with Gasteiger partial charge in [0.2, 0.25) is 5.91 Å². The van der Waals surface area contributed by atoms with Crippen molar-refractivity contribution >= 4 is 17.8 Å². The number of carbonyl (C=O) groups excluding carboxylic acids is 2. The smallest absolute Gasteiger partial charge is 0.323 e. The Morgan fingerprint density at radius 2 is 1.96 bits per heavy atom. The average molecular weight is 317 g/mol. The Morgan fingerprint density at radius 1 is 1.22 bits per heavy atom. The lowest BCUT2D eigenvalue weighted by molar-refractivity contribution is -0.130. The van der Waals surface area contributed by atoms with Gasteiger partial charge < -0.3 is 9.80 Å². The molecule has 0 radical (unpaired) electrons. The molecular formula is C16H23N5O2. The third-order valence-corrected chi connectivity index (χ3v) is 5.32. The summed E-state index contributed by atoms with van der Waals surface area (Å²) >= 11 is 0. The Morgan fingerprint density at radius 3 is 2.70 bits per heavy atom. The second-order valence-electron chi connectivity index (χ2n) is 7.05. The number of likely N-dealkylation sites (tertiary alicyclic amines) is 1. The molecule has 2 bridgehead atoms. The monoisotopic (exact) mass is 317 g/mol. The van der Waals surface area contributed by atoms with Crippen molar-refractivity contribution in [2.24, 2.45) is 7.05 Å². The lowest BCUT2D eigenvalue weighted by Crippen LogP contribution is -2.45. The second kappa shape index (κ2) is 5.25. The molecule has 7 nitrogen and oxygen atoms in total. The first-order valence-corrected chi connectivity index (χ1v) is 8.40. The van der Waals surface area contributed by atoms with E-state index in [-0.39, 0.29) is 24.0 Å². The molecule has 0 spiro atoms. The van der Waals surface area contributed by atoms with E-state index in [0.29, 0.717) is 24.7 Å². The topological polar surface area (TPSA) is 70.5 Å². The number of aromatic nitrogens is 2. The molecule has 1 aromatic heterocycles. The highest BCUT2D eigenvalue weighted by Gasteiger charge is 2.42. The molecule has 3 fully saturated rings. The number of anilines is 1. The molecule has 2 aliphatic heterocycles. The summed E-state index contributed by atoms with van der Waals surface area (Å²) in [7, 11) is 3.74. The van der Waals surface area contributed by atoms with Crippen molar-refractivity contribution in [1.82, 2.24) is 19.6 Å². The average Bonchev–Trinajstić information content (AvgIpc) is 3.19. The summed E-state index contributed by atoms with van der Waals surface area (Å²) in [5.74, 6) is 1.34. The Kier molecular flexibility index (Phi) is 3.32. The fraction of sp³-hybridized carbons (Fsp3) is 0.688. The van der Waals surface area contributed by atoms with Crippen LogP contribution in [0.15, 0.2) is 6.07 Å². The zero-order chi connectivity index (χ0) is 16.1. The molecule has 3 heterocycles. The van der Waals surface area contributed by atoms with Crippen LogP contribution >= 0.6 is 0 Å². The minimum atomic E-state index is -0.124. The van der Waals surface area contributed by atoms with E-state index in [2.05, 4.69) is 10.4 Å². The number of aryl methyl sites for hydroxylation is 1. The minimum absolute atomic E-state index is 0.0177. The van der Waals surface area contributed by atoms with E-state index >= 15 is 0 Å². The van der Waals surface area contributed by atoms with Crippen molar-refractivity contribution in [3.8, 4) is 0 Å². The van der Waals surface area contributed by atoms with E-state index in [1.807, 2.05) is 29.7 Å². The van der Waals surface area contributed by atoms with Crippen LogP contribution in [0.4, 0.5) is 10.6 Å². The number of carbonyl (C=O) groups is 2. The summed E-state index contributed by atoms with van der Waals surface area (Å²) in [6.45, 7) is 0.623. The van der Waals surface area contributed by atoms with Crippen LogP contribution in [0.25, 0.3) is 0 Å². The van der Waals surface area contributed by atoms with Gasteiger partial charge in [-0.05, 0) is 25.7 Å². The number of nitrogens with one attached hydrogen (secondary N) is 1. The molecule has 124 valence electrons. The summed E-state index contributed by atoms with van der Waals surface area (Å²) in [5, 5.41) is 7.35. The number of rotatable bonds is 2. The van der Waals surface area contributed by atoms with Crippen molar-refractivity contribution in [1.29, 1.82) is 0 Å². The predicted molar refractivity (Wildman–Crippen MR) is 85.1 cm³/mol. The van der Waals surface area contributed by atoms with Gasteiger partial charge in [-0.2, -0.15) is 5.10 Å². The van der Waals surface area contributed by atoms with Gasteiger partial charge in [-0.15, -0.1) is 0 Å². The molecule has 4 rings (SSSR count). The Bertz CT molecular complexity index is 651. The van der Waals surface area contributed by atoms with E-state index in [9.17, 15) is 9.59 Å². The lowest BCUT2D eigenvalue weighted by atomic mass is 10.1. The van der Waals surface area contributed by atoms with E-state index in [1.165, 1.54) is 18.5 Å². The summed E-state index contributed by atoms with van der Waals surface area (Å²) in [5.41, 5.74) is 1.19. The maximum atomic E-state index is 12.7. The van der Waals surface area contributed by atoms with Gasteiger partial charge in [0.1, 0.15) is 0 Å². The third-order valence-electron chi connectivity index (χ3n) is 5.32. The zero-order valence-corrected chi connectivity index (χ0v) is 13.7. The number of hydrogen-bond acceptors (Lipinski definition) is 3. The van der Waals surface area contributed by atoms with Crippen molar-refractivity contribution in [3.63, 3.8) is 0 Å². The van der Waals surface area contributed by atoms with Gasteiger partial charge in [0, 0.05) is 50.8 Å². The predicted octanol–water partition coefficient (Wildman–Crippen LogP) is 1.52. The van der Waals surface area contributed by atoms with Gasteiger partial charge in [-0.3, -0.25) is 14.8 Å². The first-order valence-electron chi connectivity index (χ1n) is 8.40. The fourth-order valence-electron chi connectivity index (χ4n) is 3.93. The van der Waals surface area contributed by atoms with Crippen LogP contribution in [0, 0.1) is 0 Å². The standard InChI is InChI=1S/C16H23N5O2/c1-19-9-12-6-5-11(7-15(19)22)21(12)16(23)17-14-8-13(10-3-4-10)20(2)18-14/h8,10-12H,3-7,9H2,1-2H3,(H,17,18,23)/t11-,12?/m1/s1. The Labute approximate surface area is 135 Å². The van der Waals surface area contributed by atoms with Gasteiger partial charge in [0.25, 0.3) is 0 Å². The van der Waals surface area contributed by atoms with Crippen LogP contribution in [0.2, 0.25) is 0 Å². The summed E-state index contributed by atoms with van der Waals surface area (Å²) < 4.78 is 1.86. The number of amides is 3. The molecule has 1 aromatic rings. The number of nitrogens with zero attached hydrogens (tertiary/aromatic N) is 4. The zero-order valence-electron chi connectivity index (χ0n) is 13.7. The van der Waals surface area contributed by atoms with Crippen molar-refractivity contribution in [2.75, 3.05) is 18.9 Å². The molecule has 3 amide bonds. The van der Waals surface area contributed by atoms with Gasteiger partial charge in [0.15, 0.2) is 5.82 Å². The molecule has 1 saturated carbocycles. The maximum Gasteiger partial charge on any atom is 0.323 e. The Hall–Kier alpha value is -2.05. The number of urea groups is 1. The molecular weight excluding hydrogens is 294 g/mol. The SMILES string of the molecule is CN1CC2CC[C@H](CC1=O)N2C(=O)Nc1cc(C2CC2)n(C)n1. The van der Waals surface area contributed by atoms with Crippen LogP contribution in [0.3, 0.4) is 0 Å². The van der Waals surface area contributed by atoms with Crippen LogP contribution < -0.4 is 5.32 Å². The highest BCUT2D eigenvalue weighted by atomic mass is 16.2. The van der Waals surface area contributed by atoms with E-state index in [0.717, 1.165) is 12.8 Å². The number of likely N-dealkylation sites (N-methyl/N-ethyl adjacent to an activating group) is 1. The molecule has 7 heteroatoms. The number of fused-ring (bicyclic) bond motifs is 2. The van der Waals surface area contributed by atoms with E-state index < -0.39 is 0 Å². The van der Waals surface area contributed by atoms with Crippen LogP contribution in [-0.4, -0.2) is 57.2 Å². The van der Waals surface area contributed by atoms with Crippen molar-refractivity contribution in [3.05, 3.63) is 11.8 Å². The minimum Gasteiger partial charge on any atom is -0.344 e. The largest absolute Gasteiger partial charge is 0.344 e. The normalized spacial score (nSPS) is 27.3. The van der Waals surface area contributed by atoms with Crippen molar-refractivity contribution < 1.29 is 9.59 Å². The summed E-state index contributed by atoms with van der Waals surface area (Å²) in [6, 6.07) is 1.99. The molecule has 2 saturated heterocycles. The Balaban J connectivity index is 1.50.